The lowest BCUT2D eigenvalue weighted by molar-refractivity contribution is -0.138. The number of benzene rings is 1. The number of carbonyl (C=O) groups excluding carboxylic acids is 4. The molecule has 224 valence electrons. The van der Waals surface area contributed by atoms with Crippen molar-refractivity contribution in [1.82, 2.24) is 20.9 Å². The Labute approximate surface area is 238 Å². The fourth-order valence-corrected chi connectivity index (χ4v) is 4.57. The monoisotopic (exact) mass is 560 g/mol. The molecule has 1 heterocycles. The van der Waals surface area contributed by atoms with E-state index in [0.717, 1.165) is 11.3 Å². The summed E-state index contributed by atoms with van der Waals surface area (Å²) in [5.74, 6) is -0.0656. The number of carbonyl (C=O) groups is 4. The molecule has 1 saturated heterocycles. The first-order chi connectivity index (χ1) is 18.7. The van der Waals surface area contributed by atoms with Crippen LogP contribution in [-0.2, 0) is 25.7 Å². The molecule has 3 N–H and O–H groups in total. The van der Waals surface area contributed by atoms with Crippen LogP contribution in [0.1, 0.15) is 73.3 Å². The van der Waals surface area contributed by atoms with Crippen molar-refractivity contribution in [2.24, 2.45) is 17.8 Å². The lowest BCUT2D eigenvalue weighted by Crippen LogP contribution is -2.54. The molecule has 2 rings (SSSR count). The predicted molar refractivity (Wildman–Crippen MR) is 154 cm³/mol. The molecule has 0 bridgehead atoms. The highest BCUT2D eigenvalue weighted by Gasteiger charge is 2.34. The van der Waals surface area contributed by atoms with Gasteiger partial charge in [0.15, 0.2) is 0 Å². The summed E-state index contributed by atoms with van der Waals surface area (Å²) in [5, 5.41) is 8.58. The topological polar surface area (TPSA) is 126 Å². The molecule has 0 spiro atoms. The van der Waals surface area contributed by atoms with E-state index in [1.54, 1.807) is 32.8 Å². The smallest absolute Gasteiger partial charge is 0.408 e. The highest BCUT2D eigenvalue weighted by atomic mass is 16.6. The number of nitrogens with zero attached hydrogens (tertiary/aromatic N) is 1. The largest absolute Gasteiger partial charge is 0.497 e. The van der Waals surface area contributed by atoms with E-state index in [-0.39, 0.29) is 35.5 Å². The fraction of sp³-hybridized carbons (Fsp3) is 0.667. The molecule has 0 saturated carbocycles. The maximum Gasteiger partial charge on any atom is 0.408 e. The summed E-state index contributed by atoms with van der Waals surface area (Å²) in [4.78, 5) is 53.4. The third-order valence-corrected chi connectivity index (χ3v) is 6.75. The van der Waals surface area contributed by atoms with E-state index < -0.39 is 23.8 Å². The number of hydrogen-bond acceptors (Lipinski definition) is 6. The Morgan fingerprint density at radius 3 is 2.08 bits per heavy atom. The van der Waals surface area contributed by atoms with Crippen LogP contribution in [0, 0.1) is 17.8 Å². The van der Waals surface area contributed by atoms with Crippen LogP contribution in [0.3, 0.4) is 0 Å². The molecule has 2 unspecified atom stereocenters. The van der Waals surface area contributed by atoms with Gasteiger partial charge in [0.2, 0.25) is 17.7 Å². The highest BCUT2D eigenvalue weighted by molar-refractivity contribution is 5.89. The normalized spacial score (nSPS) is 15.8. The molecule has 1 aromatic carbocycles. The zero-order valence-electron chi connectivity index (χ0n) is 25.3. The lowest BCUT2D eigenvalue weighted by atomic mass is 9.93. The van der Waals surface area contributed by atoms with Crippen molar-refractivity contribution in [3.05, 3.63) is 29.8 Å². The van der Waals surface area contributed by atoms with Crippen LogP contribution in [-0.4, -0.2) is 66.6 Å². The van der Waals surface area contributed by atoms with Crippen LogP contribution in [0.4, 0.5) is 4.79 Å². The van der Waals surface area contributed by atoms with E-state index in [1.165, 1.54) is 0 Å². The number of rotatable bonds is 11. The first-order valence-electron chi connectivity index (χ1n) is 14.2. The molecule has 1 aliphatic heterocycles. The van der Waals surface area contributed by atoms with Gasteiger partial charge in [-0.15, -0.1) is 0 Å². The minimum Gasteiger partial charge on any atom is -0.497 e. The van der Waals surface area contributed by atoms with Gasteiger partial charge in [0, 0.05) is 25.6 Å². The molecular formula is C30H48N4O6. The summed E-state index contributed by atoms with van der Waals surface area (Å²) in [6.07, 6.45) is 0.832. The number of ether oxygens (including phenoxy) is 2. The Balaban J connectivity index is 1.92. The first kappa shape index (κ1) is 32.9. The number of methoxy groups -OCH3 is 1. The third-order valence-electron chi connectivity index (χ3n) is 6.75. The average molecular weight is 561 g/mol. The third kappa shape index (κ3) is 10.7. The Hall–Kier alpha value is -3.30. The molecular weight excluding hydrogens is 512 g/mol. The summed E-state index contributed by atoms with van der Waals surface area (Å²) in [6.45, 7) is 14.2. The van der Waals surface area contributed by atoms with Gasteiger partial charge < -0.3 is 30.3 Å². The second-order valence-corrected chi connectivity index (χ2v) is 12.2. The van der Waals surface area contributed by atoms with E-state index in [4.69, 9.17) is 9.47 Å². The van der Waals surface area contributed by atoms with Crippen molar-refractivity contribution in [1.29, 1.82) is 0 Å². The summed E-state index contributed by atoms with van der Waals surface area (Å²) in [5.41, 5.74) is 0.263. The number of likely N-dealkylation sites (tertiary alicyclic amines) is 1. The molecule has 10 nitrogen and oxygen atoms in total. The summed E-state index contributed by atoms with van der Waals surface area (Å²) < 4.78 is 10.5. The van der Waals surface area contributed by atoms with Crippen LogP contribution < -0.4 is 20.7 Å². The van der Waals surface area contributed by atoms with Crippen LogP contribution in [0.25, 0.3) is 0 Å². The molecule has 0 aromatic heterocycles. The number of alkyl carbamates (subject to hydrolysis) is 1. The van der Waals surface area contributed by atoms with Gasteiger partial charge in [-0.3, -0.25) is 14.4 Å². The number of piperidine rings is 1. The van der Waals surface area contributed by atoms with E-state index >= 15 is 0 Å². The molecule has 1 aromatic rings. The predicted octanol–water partition coefficient (Wildman–Crippen LogP) is 3.63. The Morgan fingerprint density at radius 1 is 0.975 bits per heavy atom. The SMILES string of the molecule is COc1ccc(CNC(=O)C(NC(=O)C2CCN(C(=O)C(CC(C)C)NC(=O)OC(C)(C)C)CC2)C(C)C)cc1. The summed E-state index contributed by atoms with van der Waals surface area (Å²) in [6, 6.07) is 6.06. The van der Waals surface area contributed by atoms with Crippen molar-refractivity contribution in [3.63, 3.8) is 0 Å². The van der Waals surface area contributed by atoms with E-state index in [0.29, 0.717) is 38.9 Å². The van der Waals surface area contributed by atoms with Crippen LogP contribution >= 0.6 is 0 Å². The maximum absolute atomic E-state index is 13.3. The lowest BCUT2D eigenvalue weighted by Gasteiger charge is -2.35. The van der Waals surface area contributed by atoms with Gasteiger partial charge in [0.25, 0.3) is 0 Å². The first-order valence-corrected chi connectivity index (χ1v) is 14.2. The van der Waals surface area contributed by atoms with Gasteiger partial charge in [0.05, 0.1) is 7.11 Å². The molecule has 4 amide bonds. The second-order valence-electron chi connectivity index (χ2n) is 12.2. The molecule has 40 heavy (non-hydrogen) atoms. The van der Waals surface area contributed by atoms with Crippen molar-refractivity contribution >= 4 is 23.8 Å². The van der Waals surface area contributed by atoms with Gasteiger partial charge in [0.1, 0.15) is 23.4 Å². The van der Waals surface area contributed by atoms with Crippen molar-refractivity contribution in [2.45, 2.75) is 92.0 Å². The number of hydrogen-bond donors (Lipinski definition) is 3. The molecule has 1 aliphatic rings. The van der Waals surface area contributed by atoms with Crippen LogP contribution in [0.2, 0.25) is 0 Å². The quantitative estimate of drug-likeness (QED) is 0.380. The second kappa shape index (κ2) is 14.9. The molecule has 0 aliphatic carbocycles. The molecule has 0 radical (unpaired) electrons. The van der Waals surface area contributed by atoms with Gasteiger partial charge in [-0.25, -0.2) is 4.79 Å². The minimum atomic E-state index is -0.694. The van der Waals surface area contributed by atoms with Crippen LogP contribution in [0.15, 0.2) is 24.3 Å². The Bertz CT molecular complexity index is 994. The highest BCUT2D eigenvalue weighted by Crippen LogP contribution is 2.21. The van der Waals surface area contributed by atoms with Gasteiger partial charge in [-0.05, 0) is 69.6 Å². The van der Waals surface area contributed by atoms with Crippen molar-refractivity contribution in [2.75, 3.05) is 20.2 Å². The molecule has 10 heteroatoms. The van der Waals surface area contributed by atoms with Gasteiger partial charge in [-0.1, -0.05) is 39.8 Å². The van der Waals surface area contributed by atoms with E-state index in [2.05, 4.69) is 16.0 Å². The summed E-state index contributed by atoms with van der Waals surface area (Å²) in [7, 11) is 1.60. The number of nitrogens with one attached hydrogen (secondary N) is 3. The molecule has 2 atom stereocenters. The summed E-state index contributed by atoms with van der Waals surface area (Å²) >= 11 is 0. The maximum atomic E-state index is 13.3. The minimum absolute atomic E-state index is 0.0998. The molecule has 1 fully saturated rings. The zero-order chi connectivity index (χ0) is 30.0. The Kier molecular flexibility index (Phi) is 12.3. The van der Waals surface area contributed by atoms with Gasteiger partial charge in [-0.2, -0.15) is 0 Å². The average Bonchev–Trinajstić information content (AvgIpc) is 2.88. The van der Waals surface area contributed by atoms with E-state index in [9.17, 15) is 19.2 Å². The fourth-order valence-electron chi connectivity index (χ4n) is 4.57. The van der Waals surface area contributed by atoms with E-state index in [1.807, 2.05) is 52.0 Å². The zero-order valence-corrected chi connectivity index (χ0v) is 25.3. The Morgan fingerprint density at radius 2 is 1.57 bits per heavy atom. The van der Waals surface area contributed by atoms with Crippen LogP contribution in [0.5, 0.6) is 5.75 Å². The van der Waals surface area contributed by atoms with Crippen molar-refractivity contribution < 1.29 is 28.7 Å². The number of amides is 4. The van der Waals surface area contributed by atoms with Crippen molar-refractivity contribution in [3.8, 4) is 5.75 Å². The van der Waals surface area contributed by atoms with Gasteiger partial charge >= 0.3 is 6.09 Å². The standard InChI is InChI=1S/C30H48N4O6/c1-19(2)17-24(32-29(38)40-30(5,6)7)28(37)34-15-13-22(14-16-34)26(35)33-25(20(3)4)27(36)31-18-21-9-11-23(39-8)12-10-21/h9-12,19-20,22,24-25H,13-18H2,1-8H3,(H,31,36)(H,32,38)(H,33,35).